The van der Waals surface area contributed by atoms with Gasteiger partial charge in [-0.3, -0.25) is 0 Å². The zero-order chi connectivity index (χ0) is 15.9. The lowest BCUT2D eigenvalue weighted by Gasteiger charge is -2.12. The van der Waals surface area contributed by atoms with Gasteiger partial charge in [-0.15, -0.1) is 0 Å². The summed E-state index contributed by atoms with van der Waals surface area (Å²) in [5.74, 6) is 0. The summed E-state index contributed by atoms with van der Waals surface area (Å²) in [4.78, 5) is 2.82. The second-order valence-corrected chi connectivity index (χ2v) is 5.26. The highest BCUT2D eigenvalue weighted by molar-refractivity contribution is 7.80. The third-order valence-corrected chi connectivity index (χ3v) is 3.26. The van der Waals surface area contributed by atoms with Crippen molar-refractivity contribution in [1.29, 1.82) is 0 Å². The van der Waals surface area contributed by atoms with Crippen molar-refractivity contribution in [2.45, 2.75) is 20.5 Å². The van der Waals surface area contributed by atoms with Crippen LogP contribution in [0.4, 0.5) is 11.4 Å². The van der Waals surface area contributed by atoms with Crippen molar-refractivity contribution in [1.82, 2.24) is 0 Å². The average Bonchev–Trinajstić information content (AvgIpc) is 2.50. The van der Waals surface area contributed by atoms with Crippen LogP contribution >= 0.6 is 12.2 Å². The van der Waals surface area contributed by atoms with E-state index in [0.29, 0.717) is 5.69 Å². The molecule has 2 aromatic carbocycles. The molecule has 1 N–H and O–H groups in total. The second-order valence-electron chi connectivity index (χ2n) is 4.89. The number of nitrogens with one attached hydrogen (secondary N) is 1. The number of benzene rings is 2. The third kappa shape index (κ3) is 4.48. The van der Waals surface area contributed by atoms with Crippen molar-refractivity contribution in [3.8, 4) is 0 Å². The monoisotopic (exact) mass is 312 g/mol. The van der Waals surface area contributed by atoms with Crippen LogP contribution in [0.5, 0.6) is 0 Å². The highest BCUT2D eigenvalue weighted by Gasteiger charge is 2.04. The van der Waals surface area contributed by atoms with Crippen LogP contribution in [0.3, 0.4) is 0 Å². The van der Waals surface area contributed by atoms with Crippen LogP contribution in [0.15, 0.2) is 47.6 Å². The first kappa shape index (κ1) is 15.8. The molecule has 2 rings (SSSR count). The largest absolute Gasteiger partial charge is 0.466 e. The number of nitrogens with zero attached hydrogens (tertiary/aromatic N) is 3. The molecule has 0 unspecified atom stereocenters. The molecule has 0 spiro atoms. The van der Waals surface area contributed by atoms with E-state index in [4.69, 9.17) is 22.5 Å². The molecule has 2 aromatic rings. The lowest BCUT2D eigenvalue weighted by atomic mass is 10.1. The molecule has 0 saturated heterocycles. The molecule has 0 aliphatic rings. The first-order valence-corrected chi connectivity index (χ1v) is 7.14. The fraction of sp³-hybridized carbons (Fsp3) is 0.188. The Labute approximate surface area is 134 Å². The van der Waals surface area contributed by atoms with Crippen molar-refractivity contribution in [3.63, 3.8) is 0 Å². The molecule has 0 aliphatic carbocycles. The number of azide groups is 1. The van der Waals surface area contributed by atoms with Gasteiger partial charge in [0.2, 0.25) is 0 Å². The maximum absolute atomic E-state index is 8.59. The summed E-state index contributed by atoms with van der Waals surface area (Å²) in [5, 5.41) is 6.94. The van der Waals surface area contributed by atoms with Crippen molar-refractivity contribution in [3.05, 3.63) is 69.6 Å². The number of rotatable bonds is 4. The van der Waals surface area contributed by atoms with Gasteiger partial charge >= 0.3 is 0 Å². The molecule has 0 fully saturated rings. The first-order valence-electron chi connectivity index (χ1n) is 6.73. The minimum absolute atomic E-state index is 0.244. The van der Waals surface area contributed by atoms with E-state index >= 15 is 0 Å². The van der Waals surface area contributed by atoms with Crippen LogP contribution in [-0.4, -0.2) is 5.17 Å². The van der Waals surface area contributed by atoms with Crippen molar-refractivity contribution < 1.29 is 4.74 Å². The standard InChI is InChI=1S/C16H16N4OS/c1-11-3-6-14(7-4-11)18-16(22)21-10-13-9-12(2)5-8-15(13)19-20-17/h3-9H,10H2,1-2H3,(H,18,22). The van der Waals surface area contributed by atoms with E-state index in [0.717, 1.165) is 16.8 Å². The molecule has 6 heteroatoms. The Morgan fingerprint density at radius 1 is 1.18 bits per heavy atom. The molecule has 0 aromatic heterocycles. The normalized spacial score (nSPS) is 9.73. The van der Waals surface area contributed by atoms with Crippen LogP contribution in [0, 0.1) is 13.8 Å². The highest BCUT2D eigenvalue weighted by Crippen LogP contribution is 2.22. The van der Waals surface area contributed by atoms with Crippen LogP contribution in [0.2, 0.25) is 0 Å². The van der Waals surface area contributed by atoms with E-state index in [1.165, 1.54) is 5.56 Å². The number of hydrogen-bond acceptors (Lipinski definition) is 3. The zero-order valence-corrected chi connectivity index (χ0v) is 13.2. The van der Waals surface area contributed by atoms with E-state index in [-0.39, 0.29) is 11.8 Å². The smallest absolute Gasteiger partial charge is 0.261 e. The molecule has 0 bridgehead atoms. The van der Waals surface area contributed by atoms with Gasteiger partial charge in [-0.25, -0.2) is 0 Å². The molecule has 0 amide bonds. The predicted molar refractivity (Wildman–Crippen MR) is 92.2 cm³/mol. The van der Waals surface area contributed by atoms with Crippen LogP contribution in [-0.2, 0) is 11.3 Å². The Morgan fingerprint density at radius 3 is 2.55 bits per heavy atom. The van der Waals surface area contributed by atoms with Gasteiger partial charge in [0.1, 0.15) is 6.61 Å². The minimum atomic E-state index is 0.244. The maximum atomic E-state index is 8.59. The van der Waals surface area contributed by atoms with Gasteiger partial charge in [0, 0.05) is 16.3 Å². The molecule has 0 aliphatic heterocycles. The van der Waals surface area contributed by atoms with Gasteiger partial charge in [-0.1, -0.05) is 46.6 Å². The third-order valence-electron chi connectivity index (χ3n) is 3.04. The molecule has 0 atom stereocenters. The van der Waals surface area contributed by atoms with E-state index < -0.39 is 0 Å². The van der Waals surface area contributed by atoms with Gasteiger partial charge in [-0.2, -0.15) is 0 Å². The number of aryl methyl sites for hydroxylation is 2. The Bertz CT molecular complexity index is 721. The molecular formula is C16H16N4OS. The van der Waals surface area contributed by atoms with E-state index in [9.17, 15) is 0 Å². The van der Waals surface area contributed by atoms with E-state index in [2.05, 4.69) is 15.3 Å². The minimum Gasteiger partial charge on any atom is -0.466 e. The van der Waals surface area contributed by atoms with Crippen molar-refractivity contribution in [2.24, 2.45) is 5.11 Å². The molecule has 112 valence electrons. The van der Waals surface area contributed by atoms with Crippen LogP contribution < -0.4 is 5.32 Å². The van der Waals surface area contributed by atoms with Gasteiger partial charge in [0.05, 0.1) is 0 Å². The van der Waals surface area contributed by atoms with Gasteiger partial charge < -0.3 is 10.1 Å². The summed E-state index contributed by atoms with van der Waals surface area (Å²) in [5.41, 5.74) is 13.0. The van der Waals surface area contributed by atoms with E-state index in [1.54, 1.807) is 6.07 Å². The number of ether oxygens (including phenoxy) is 1. The topological polar surface area (TPSA) is 70.0 Å². The quantitative estimate of drug-likeness (QED) is 0.367. The zero-order valence-electron chi connectivity index (χ0n) is 12.4. The van der Waals surface area contributed by atoms with Gasteiger partial charge in [0.15, 0.2) is 0 Å². The number of anilines is 1. The lowest BCUT2D eigenvalue weighted by molar-refractivity contribution is 0.300. The number of hydrogen-bond donors (Lipinski definition) is 1. The molecule has 0 heterocycles. The molecule has 0 radical (unpaired) electrons. The average molecular weight is 312 g/mol. The Balaban J connectivity index is 2.00. The number of thiocarbonyl (C=S) groups is 1. The summed E-state index contributed by atoms with van der Waals surface area (Å²) < 4.78 is 5.54. The summed E-state index contributed by atoms with van der Waals surface area (Å²) in [6.07, 6.45) is 0. The van der Waals surface area contributed by atoms with E-state index in [1.807, 2.05) is 50.2 Å². The maximum Gasteiger partial charge on any atom is 0.261 e. The van der Waals surface area contributed by atoms with Crippen LogP contribution in [0.25, 0.3) is 10.4 Å². The molecule has 5 nitrogen and oxygen atoms in total. The SMILES string of the molecule is Cc1ccc(NC(=S)OCc2cc(C)ccc2N=[N+]=[N-])cc1. The summed E-state index contributed by atoms with van der Waals surface area (Å²) in [7, 11) is 0. The molecule has 0 saturated carbocycles. The first-order chi connectivity index (χ1) is 10.6. The van der Waals surface area contributed by atoms with Crippen molar-refractivity contribution >= 4 is 28.8 Å². The Hall–Kier alpha value is -2.56. The summed E-state index contributed by atoms with van der Waals surface area (Å²) >= 11 is 5.17. The second kappa shape index (κ2) is 7.45. The molecule has 22 heavy (non-hydrogen) atoms. The lowest BCUT2D eigenvalue weighted by Crippen LogP contribution is -2.13. The molecular weight excluding hydrogens is 296 g/mol. The fourth-order valence-electron chi connectivity index (χ4n) is 1.91. The Kier molecular flexibility index (Phi) is 5.36. The van der Waals surface area contributed by atoms with Crippen molar-refractivity contribution in [2.75, 3.05) is 5.32 Å². The Morgan fingerprint density at radius 2 is 1.86 bits per heavy atom. The summed E-state index contributed by atoms with van der Waals surface area (Å²) in [6, 6.07) is 13.4. The predicted octanol–water partition coefficient (Wildman–Crippen LogP) is 5.16. The van der Waals surface area contributed by atoms with Gasteiger partial charge in [0.25, 0.3) is 5.17 Å². The summed E-state index contributed by atoms with van der Waals surface area (Å²) in [6.45, 7) is 4.23. The fourth-order valence-corrected chi connectivity index (χ4v) is 2.09. The highest BCUT2D eigenvalue weighted by atomic mass is 32.1. The van der Waals surface area contributed by atoms with Gasteiger partial charge in [-0.05, 0) is 49.3 Å². The van der Waals surface area contributed by atoms with Crippen LogP contribution in [0.1, 0.15) is 16.7 Å².